The number of benzene rings is 2. The summed E-state index contributed by atoms with van der Waals surface area (Å²) in [5.74, 6) is 3.48. The van der Waals surface area contributed by atoms with E-state index in [4.69, 9.17) is 14.5 Å². The average Bonchev–Trinajstić information content (AvgIpc) is 3.41. The number of aliphatic imine (C=N–C) groups is 1. The summed E-state index contributed by atoms with van der Waals surface area (Å²) in [5.41, 5.74) is 3.63. The fourth-order valence-electron chi connectivity index (χ4n) is 3.53. The zero-order valence-electron chi connectivity index (χ0n) is 18.1. The van der Waals surface area contributed by atoms with Crippen LogP contribution in [-0.4, -0.2) is 35.4 Å². The zero-order chi connectivity index (χ0) is 21.5. The van der Waals surface area contributed by atoms with Gasteiger partial charge in [0.15, 0.2) is 17.5 Å². The van der Waals surface area contributed by atoms with E-state index in [0.717, 1.165) is 49.3 Å². The van der Waals surface area contributed by atoms with Crippen LogP contribution >= 0.6 is 0 Å². The molecule has 1 aliphatic heterocycles. The van der Waals surface area contributed by atoms with Gasteiger partial charge in [0.05, 0.1) is 6.54 Å². The molecule has 162 valence electrons. The first-order chi connectivity index (χ1) is 15.2. The molecule has 0 bridgehead atoms. The number of aryl methyl sites for hydroxylation is 1. The Morgan fingerprint density at radius 1 is 1.06 bits per heavy atom. The van der Waals surface area contributed by atoms with Gasteiger partial charge in [0.2, 0.25) is 6.79 Å². The molecule has 4 rings (SSSR count). The Morgan fingerprint density at radius 2 is 1.94 bits per heavy atom. The molecule has 0 fully saturated rings. The summed E-state index contributed by atoms with van der Waals surface area (Å²) in [7, 11) is 0. The number of ether oxygens (including phenoxy) is 2. The van der Waals surface area contributed by atoms with Crippen LogP contribution in [0.5, 0.6) is 11.5 Å². The lowest BCUT2D eigenvalue weighted by Gasteiger charge is -2.12. The third-order valence-corrected chi connectivity index (χ3v) is 5.18. The Bertz CT molecular complexity index is 1040. The van der Waals surface area contributed by atoms with E-state index in [1.807, 2.05) is 31.5 Å². The molecular formula is C24H29N5O2. The summed E-state index contributed by atoms with van der Waals surface area (Å²) < 4.78 is 13.0. The highest BCUT2D eigenvalue weighted by Gasteiger charge is 2.13. The molecule has 2 heterocycles. The molecule has 1 aliphatic rings. The summed E-state index contributed by atoms with van der Waals surface area (Å²) in [4.78, 5) is 9.05. The van der Waals surface area contributed by atoms with Gasteiger partial charge >= 0.3 is 0 Å². The first-order valence-corrected chi connectivity index (χ1v) is 10.7. The predicted molar refractivity (Wildman–Crippen MR) is 122 cm³/mol. The molecule has 2 N–H and O–H groups in total. The van der Waals surface area contributed by atoms with Crippen molar-refractivity contribution in [3.8, 4) is 11.5 Å². The molecule has 0 amide bonds. The molecule has 2 aromatic carbocycles. The van der Waals surface area contributed by atoms with Gasteiger partial charge in [0, 0.05) is 32.0 Å². The largest absolute Gasteiger partial charge is 0.454 e. The minimum absolute atomic E-state index is 0.303. The van der Waals surface area contributed by atoms with Crippen LogP contribution in [-0.2, 0) is 19.5 Å². The highest BCUT2D eigenvalue weighted by molar-refractivity contribution is 5.79. The number of hydrogen-bond acceptors (Lipinski definition) is 4. The van der Waals surface area contributed by atoms with E-state index >= 15 is 0 Å². The van der Waals surface area contributed by atoms with Gasteiger partial charge in [-0.25, -0.2) is 9.98 Å². The van der Waals surface area contributed by atoms with Gasteiger partial charge in [0.25, 0.3) is 0 Å². The Balaban J connectivity index is 1.33. The number of guanidine groups is 1. The van der Waals surface area contributed by atoms with Gasteiger partial charge in [-0.15, -0.1) is 0 Å². The van der Waals surface area contributed by atoms with Crippen molar-refractivity contribution in [2.24, 2.45) is 4.99 Å². The average molecular weight is 420 g/mol. The molecule has 0 saturated heterocycles. The van der Waals surface area contributed by atoms with Gasteiger partial charge in [-0.05, 0) is 49.1 Å². The van der Waals surface area contributed by atoms with Crippen LogP contribution in [0.1, 0.15) is 29.4 Å². The molecule has 0 saturated carbocycles. The molecule has 0 aliphatic carbocycles. The van der Waals surface area contributed by atoms with Crippen molar-refractivity contribution >= 4 is 5.96 Å². The highest BCUT2D eigenvalue weighted by Crippen LogP contribution is 2.32. The summed E-state index contributed by atoms with van der Waals surface area (Å²) in [5, 5.41) is 6.74. The minimum atomic E-state index is 0.303. The fraction of sp³-hybridized carbons (Fsp3) is 0.333. The lowest BCUT2D eigenvalue weighted by atomic mass is 10.1. The zero-order valence-corrected chi connectivity index (χ0v) is 18.1. The topological polar surface area (TPSA) is 72.7 Å². The van der Waals surface area contributed by atoms with E-state index in [2.05, 4.69) is 57.4 Å². The molecular weight excluding hydrogens is 390 g/mol. The summed E-state index contributed by atoms with van der Waals surface area (Å²) in [6, 6.07) is 14.6. The van der Waals surface area contributed by atoms with Crippen LogP contribution in [0.25, 0.3) is 0 Å². The van der Waals surface area contributed by atoms with Crippen molar-refractivity contribution < 1.29 is 9.47 Å². The number of fused-ring (bicyclic) bond motifs is 1. The van der Waals surface area contributed by atoms with Gasteiger partial charge < -0.3 is 24.7 Å². The molecule has 7 heteroatoms. The Hall–Kier alpha value is -3.48. The first kappa shape index (κ1) is 20.8. The number of nitrogens with zero attached hydrogens (tertiary/aromatic N) is 3. The van der Waals surface area contributed by atoms with E-state index in [0.29, 0.717) is 13.3 Å². The summed E-state index contributed by atoms with van der Waals surface area (Å²) in [6.07, 6.45) is 4.72. The van der Waals surface area contributed by atoms with Gasteiger partial charge in [-0.2, -0.15) is 0 Å². The van der Waals surface area contributed by atoms with Crippen LogP contribution in [0.4, 0.5) is 0 Å². The first-order valence-electron chi connectivity index (χ1n) is 10.7. The van der Waals surface area contributed by atoms with Crippen molar-refractivity contribution in [2.45, 2.75) is 33.4 Å². The maximum Gasteiger partial charge on any atom is 0.231 e. The van der Waals surface area contributed by atoms with E-state index in [9.17, 15) is 0 Å². The van der Waals surface area contributed by atoms with Crippen molar-refractivity contribution in [2.75, 3.05) is 19.9 Å². The number of imidazole rings is 1. The smallest absolute Gasteiger partial charge is 0.231 e. The van der Waals surface area contributed by atoms with Crippen LogP contribution in [0.2, 0.25) is 0 Å². The molecule has 31 heavy (non-hydrogen) atoms. The molecule has 0 unspecified atom stereocenters. The quantitative estimate of drug-likeness (QED) is 0.433. The lowest BCUT2D eigenvalue weighted by molar-refractivity contribution is 0.174. The second kappa shape index (κ2) is 10.0. The number of rotatable bonds is 8. The number of nitrogens with one attached hydrogen (secondary N) is 2. The van der Waals surface area contributed by atoms with Crippen LogP contribution in [0, 0.1) is 6.92 Å². The lowest BCUT2D eigenvalue weighted by Crippen LogP contribution is -2.38. The highest BCUT2D eigenvalue weighted by atomic mass is 16.7. The fourth-order valence-corrected chi connectivity index (χ4v) is 3.53. The maximum absolute atomic E-state index is 5.46. The normalized spacial score (nSPS) is 12.8. The van der Waals surface area contributed by atoms with Crippen molar-refractivity contribution in [1.29, 1.82) is 0 Å². The minimum Gasteiger partial charge on any atom is -0.454 e. The van der Waals surface area contributed by atoms with Crippen molar-refractivity contribution in [3.63, 3.8) is 0 Å². The second-order valence-corrected chi connectivity index (χ2v) is 7.48. The molecule has 0 spiro atoms. The van der Waals surface area contributed by atoms with Gasteiger partial charge in [-0.3, -0.25) is 0 Å². The maximum atomic E-state index is 5.46. The van der Waals surface area contributed by atoms with E-state index in [-0.39, 0.29) is 0 Å². The summed E-state index contributed by atoms with van der Waals surface area (Å²) in [6.45, 7) is 7.43. The standard InChI is InChI=1S/C24H29N5O2/c1-3-25-24(27-10-9-19-7-8-22-23(14-19)31-17-30-22)28-15-20-5-4-6-21(13-20)16-29-12-11-26-18(29)2/h4-8,11-14H,3,9-10,15-17H2,1-2H3,(H2,25,27,28). The van der Waals surface area contributed by atoms with Crippen molar-refractivity contribution in [3.05, 3.63) is 77.4 Å². The summed E-state index contributed by atoms with van der Waals surface area (Å²) >= 11 is 0. The van der Waals surface area contributed by atoms with E-state index < -0.39 is 0 Å². The van der Waals surface area contributed by atoms with Crippen LogP contribution in [0.3, 0.4) is 0 Å². The Labute approximate surface area is 183 Å². The van der Waals surface area contributed by atoms with Gasteiger partial charge in [0.1, 0.15) is 5.82 Å². The van der Waals surface area contributed by atoms with Gasteiger partial charge in [-0.1, -0.05) is 30.3 Å². The molecule has 1 aromatic heterocycles. The predicted octanol–water partition coefficient (Wildman–Crippen LogP) is 3.27. The molecule has 0 atom stereocenters. The van der Waals surface area contributed by atoms with E-state index in [1.54, 1.807) is 0 Å². The molecule has 3 aromatic rings. The Kier molecular flexibility index (Phi) is 6.72. The van der Waals surface area contributed by atoms with Crippen LogP contribution in [0.15, 0.2) is 59.9 Å². The SMILES string of the molecule is CCNC(=NCc1cccc(Cn2ccnc2C)c1)NCCc1ccc2c(c1)OCO2. The van der Waals surface area contributed by atoms with Crippen molar-refractivity contribution in [1.82, 2.24) is 20.2 Å². The second-order valence-electron chi connectivity index (χ2n) is 7.48. The Morgan fingerprint density at radius 3 is 2.77 bits per heavy atom. The molecule has 0 radical (unpaired) electrons. The third kappa shape index (κ3) is 5.57. The van der Waals surface area contributed by atoms with E-state index in [1.165, 1.54) is 16.7 Å². The molecule has 7 nitrogen and oxygen atoms in total. The third-order valence-electron chi connectivity index (χ3n) is 5.18. The van der Waals surface area contributed by atoms with Crippen LogP contribution < -0.4 is 20.1 Å². The monoisotopic (exact) mass is 419 g/mol. The number of aromatic nitrogens is 2. The number of hydrogen-bond donors (Lipinski definition) is 2.